The molecule has 6 heteroatoms. The zero-order valence-electron chi connectivity index (χ0n) is 11.8. The van der Waals surface area contributed by atoms with E-state index in [-0.39, 0.29) is 6.04 Å². The standard InChI is InChI=1S/C15H17N5S/c1-2-12(16)8-11-7-10-5-3-4-6-13(10)19-14(11)21-15-17-9-18-20-15/h3-7,9,12H,2,8,16H2,1H3,(H,17,18,20). The number of H-pyrrole nitrogens is 1. The highest BCUT2D eigenvalue weighted by atomic mass is 32.2. The number of aromatic amines is 1. The predicted octanol–water partition coefficient (Wildman–Crippen LogP) is 2.78. The lowest BCUT2D eigenvalue weighted by Gasteiger charge is -2.13. The van der Waals surface area contributed by atoms with Crippen LogP contribution in [0.3, 0.4) is 0 Å². The molecule has 108 valence electrons. The number of nitrogens with two attached hydrogens (primary N) is 1. The molecule has 0 radical (unpaired) electrons. The number of fused-ring (bicyclic) bond motifs is 1. The molecule has 0 spiro atoms. The van der Waals surface area contributed by atoms with Gasteiger partial charge in [-0.15, -0.1) is 0 Å². The van der Waals surface area contributed by atoms with Crippen LogP contribution in [0.15, 0.2) is 46.8 Å². The summed E-state index contributed by atoms with van der Waals surface area (Å²) in [5, 5.41) is 9.55. The first-order chi connectivity index (χ1) is 10.3. The zero-order valence-corrected chi connectivity index (χ0v) is 12.6. The van der Waals surface area contributed by atoms with Crippen LogP contribution in [0.1, 0.15) is 18.9 Å². The van der Waals surface area contributed by atoms with Crippen LogP contribution in [-0.2, 0) is 6.42 Å². The molecule has 5 nitrogen and oxygen atoms in total. The molecule has 1 atom stereocenters. The van der Waals surface area contributed by atoms with Crippen molar-refractivity contribution in [2.75, 3.05) is 0 Å². The molecule has 3 rings (SSSR count). The van der Waals surface area contributed by atoms with E-state index >= 15 is 0 Å². The van der Waals surface area contributed by atoms with Gasteiger partial charge in [0.1, 0.15) is 11.4 Å². The van der Waals surface area contributed by atoms with E-state index in [0.29, 0.717) is 0 Å². The van der Waals surface area contributed by atoms with Crippen molar-refractivity contribution in [3.63, 3.8) is 0 Å². The van der Waals surface area contributed by atoms with Gasteiger partial charge in [-0.05, 0) is 42.3 Å². The molecule has 0 aliphatic heterocycles. The Bertz CT molecular complexity index is 726. The summed E-state index contributed by atoms with van der Waals surface area (Å²) in [6, 6.07) is 10.4. The lowest BCUT2D eigenvalue weighted by Crippen LogP contribution is -2.21. The maximum absolute atomic E-state index is 6.12. The lowest BCUT2D eigenvalue weighted by molar-refractivity contribution is 0.638. The molecule has 1 unspecified atom stereocenters. The number of benzene rings is 1. The highest BCUT2D eigenvalue weighted by Crippen LogP contribution is 2.29. The van der Waals surface area contributed by atoms with Crippen molar-refractivity contribution in [1.29, 1.82) is 0 Å². The molecule has 0 fully saturated rings. The summed E-state index contributed by atoms with van der Waals surface area (Å²) in [4.78, 5) is 8.91. The molecule has 0 aliphatic rings. The van der Waals surface area contributed by atoms with Gasteiger partial charge in [0.2, 0.25) is 0 Å². The number of nitrogens with zero attached hydrogens (tertiary/aromatic N) is 3. The normalized spacial score (nSPS) is 12.7. The first kappa shape index (κ1) is 14.0. The van der Waals surface area contributed by atoms with E-state index < -0.39 is 0 Å². The van der Waals surface area contributed by atoms with Crippen molar-refractivity contribution in [2.45, 2.75) is 36.0 Å². The van der Waals surface area contributed by atoms with E-state index in [0.717, 1.165) is 39.5 Å². The van der Waals surface area contributed by atoms with Gasteiger partial charge in [-0.3, -0.25) is 5.10 Å². The molecule has 0 amide bonds. The van der Waals surface area contributed by atoms with Gasteiger partial charge in [0.05, 0.1) is 5.52 Å². The number of para-hydroxylation sites is 1. The van der Waals surface area contributed by atoms with Gasteiger partial charge in [0.25, 0.3) is 0 Å². The molecule has 3 aromatic rings. The fourth-order valence-electron chi connectivity index (χ4n) is 2.14. The summed E-state index contributed by atoms with van der Waals surface area (Å²) >= 11 is 1.49. The molecule has 0 saturated carbocycles. The zero-order chi connectivity index (χ0) is 14.7. The number of nitrogens with one attached hydrogen (secondary N) is 1. The van der Waals surface area contributed by atoms with E-state index in [1.54, 1.807) is 0 Å². The van der Waals surface area contributed by atoms with E-state index in [4.69, 9.17) is 10.7 Å². The maximum Gasteiger partial charge on any atom is 0.189 e. The molecule has 2 aromatic heterocycles. The Morgan fingerprint density at radius 3 is 2.95 bits per heavy atom. The SMILES string of the molecule is CCC(N)Cc1cc2ccccc2nc1Sc1ncn[nH]1. The summed E-state index contributed by atoms with van der Waals surface area (Å²) < 4.78 is 0. The lowest BCUT2D eigenvalue weighted by atomic mass is 10.0. The Kier molecular flexibility index (Phi) is 4.17. The van der Waals surface area contributed by atoms with Crippen molar-refractivity contribution in [3.8, 4) is 0 Å². The molecule has 1 aromatic carbocycles. The van der Waals surface area contributed by atoms with Crippen molar-refractivity contribution in [1.82, 2.24) is 20.2 Å². The first-order valence-electron chi connectivity index (χ1n) is 6.93. The molecule has 0 bridgehead atoms. The minimum Gasteiger partial charge on any atom is -0.327 e. The van der Waals surface area contributed by atoms with Crippen LogP contribution in [0, 0.1) is 0 Å². The van der Waals surface area contributed by atoms with Crippen molar-refractivity contribution in [2.24, 2.45) is 5.73 Å². The number of rotatable bonds is 5. The number of aromatic nitrogens is 4. The smallest absolute Gasteiger partial charge is 0.189 e. The summed E-state index contributed by atoms with van der Waals surface area (Å²) in [6.07, 6.45) is 3.25. The Balaban J connectivity index is 2.03. The molecule has 3 N–H and O–H groups in total. The molecule has 0 aliphatic carbocycles. The van der Waals surface area contributed by atoms with Crippen LogP contribution >= 0.6 is 11.8 Å². The van der Waals surface area contributed by atoms with Crippen LogP contribution in [0.25, 0.3) is 10.9 Å². The average molecular weight is 299 g/mol. The quantitative estimate of drug-likeness (QED) is 0.757. The van der Waals surface area contributed by atoms with Crippen molar-refractivity contribution in [3.05, 3.63) is 42.2 Å². The highest BCUT2D eigenvalue weighted by molar-refractivity contribution is 7.99. The fraction of sp³-hybridized carbons (Fsp3) is 0.267. The van der Waals surface area contributed by atoms with E-state index in [1.807, 2.05) is 18.2 Å². The van der Waals surface area contributed by atoms with Crippen molar-refractivity contribution >= 4 is 22.7 Å². The summed E-state index contributed by atoms with van der Waals surface area (Å²) in [5.74, 6) is 0. The molecule has 21 heavy (non-hydrogen) atoms. The highest BCUT2D eigenvalue weighted by Gasteiger charge is 2.12. The third-order valence-corrected chi connectivity index (χ3v) is 4.29. The summed E-state index contributed by atoms with van der Waals surface area (Å²) in [6.45, 7) is 2.10. The van der Waals surface area contributed by atoms with Crippen LogP contribution < -0.4 is 5.73 Å². The largest absolute Gasteiger partial charge is 0.327 e. The predicted molar refractivity (Wildman–Crippen MR) is 84.2 cm³/mol. The second kappa shape index (κ2) is 6.24. The Morgan fingerprint density at radius 1 is 1.33 bits per heavy atom. The Labute approximate surface area is 127 Å². The van der Waals surface area contributed by atoms with Gasteiger partial charge in [-0.1, -0.05) is 25.1 Å². The van der Waals surface area contributed by atoms with Crippen molar-refractivity contribution < 1.29 is 0 Å². The summed E-state index contributed by atoms with van der Waals surface area (Å²) in [5.41, 5.74) is 8.26. The second-order valence-corrected chi connectivity index (χ2v) is 5.89. The molecule has 0 saturated heterocycles. The van der Waals surface area contributed by atoms with Gasteiger partial charge in [0.15, 0.2) is 5.16 Å². The number of hydrogen-bond donors (Lipinski definition) is 2. The van der Waals surface area contributed by atoms with Gasteiger partial charge < -0.3 is 5.73 Å². The van der Waals surface area contributed by atoms with Crippen LogP contribution in [-0.4, -0.2) is 26.2 Å². The van der Waals surface area contributed by atoms with E-state index in [1.165, 1.54) is 18.1 Å². The van der Waals surface area contributed by atoms with Gasteiger partial charge in [-0.25, -0.2) is 9.97 Å². The van der Waals surface area contributed by atoms with Crippen LogP contribution in [0.4, 0.5) is 0 Å². The van der Waals surface area contributed by atoms with Gasteiger partial charge in [-0.2, -0.15) is 5.10 Å². The minimum atomic E-state index is 0.141. The van der Waals surface area contributed by atoms with Crippen LogP contribution in [0.2, 0.25) is 0 Å². The van der Waals surface area contributed by atoms with E-state index in [2.05, 4.69) is 34.2 Å². The minimum absolute atomic E-state index is 0.141. The third-order valence-electron chi connectivity index (χ3n) is 3.36. The Morgan fingerprint density at radius 2 is 2.19 bits per heavy atom. The second-order valence-electron chi connectivity index (χ2n) is 4.91. The van der Waals surface area contributed by atoms with Crippen LogP contribution in [0.5, 0.6) is 0 Å². The topological polar surface area (TPSA) is 80.5 Å². The maximum atomic E-state index is 6.12. The number of pyridine rings is 1. The first-order valence-corrected chi connectivity index (χ1v) is 7.75. The molecular formula is C15H17N5S. The molecule has 2 heterocycles. The van der Waals surface area contributed by atoms with E-state index in [9.17, 15) is 0 Å². The molecular weight excluding hydrogens is 282 g/mol. The monoisotopic (exact) mass is 299 g/mol. The number of hydrogen-bond acceptors (Lipinski definition) is 5. The Hall–Kier alpha value is -1.92. The average Bonchev–Trinajstić information content (AvgIpc) is 3.00. The third kappa shape index (κ3) is 3.22. The van der Waals surface area contributed by atoms with Gasteiger partial charge >= 0.3 is 0 Å². The fourth-order valence-corrected chi connectivity index (χ4v) is 2.94. The van der Waals surface area contributed by atoms with Gasteiger partial charge in [0, 0.05) is 11.4 Å². The summed E-state index contributed by atoms with van der Waals surface area (Å²) in [7, 11) is 0.